The summed E-state index contributed by atoms with van der Waals surface area (Å²) in [6.45, 7) is 5.93. The summed E-state index contributed by atoms with van der Waals surface area (Å²) >= 11 is 0. The van der Waals surface area contributed by atoms with Crippen molar-refractivity contribution in [3.05, 3.63) is 42.5 Å². The average Bonchev–Trinajstić information content (AvgIpc) is 2.87. The third-order valence-electron chi connectivity index (χ3n) is 6.09. The van der Waals surface area contributed by atoms with Crippen LogP contribution in [0.3, 0.4) is 0 Å². The zero-order chi connectivity index (χ0) is 24.5. The number of para-hydroxylation sites is 2. The number of nitrogens with zero attached hydrogens (tertiary/aromatic N) is 2. The van der Waals surface area contributed by atoms with Gasteiger partial charge >= 0.3 is 5.97 Å². The normalized spacial score (nSPS) is 15.7. The Morgan fingerprint density at radius 1 is 1.00 bits per heavy atom. The summed E-state index contributed by atoms with van der Waals surface area (Å²) in [5, 5.41) is 11.6. The molecule has 0 atom stereocenters. The molecule has 0 spiro atoms. The molecule has 1 fully saturated rings. The number of nitrogens with one attached hydrogen (secondary N) is 1. The van der Waals surface area contributed by atoms with Crippen molar-refractivity contribution in [1.29, 1.82) is 0 Å². The molecule has 0 radical (unpaired) electrons. The summed E-state index contributed by atoms with van der Waals surface area (Å²) in [5.41, 5.74) is 1.73. The summed E-state index contributed by atoms with van der Waals surface area (Å²) in [6.07, 6.45) is 2.62. The number of carbonyl (C=O) groups is 2. The fourth-order valence-corrected chi connectivity index (χ4v) is 4.24. The zero-order valence-electron chi connectivity index (χ0n) is 19.9. The first-order valence-corrected chi connectivity index (χ1v) is 12.2. The number of fused-ring (bicyclic) bond motifs is 1. The van der Waals surface area contributed by atoms with Crippen LogP contribution < -0.4 is 24.4 Å². The van der Waals surface area contributed by atoms with Crippen molar-refractivity contribution in [3.63, 3.8) is 0 Å². The van der Waals surface area contributed by atoms with Crippen LogP contribution in [0.5, 0.6) is 17.2 Å². The van der Waals surface area contributed by atoms with Crippen molar-refractivity contribution in [3.8, 4) is 17.2 Å². The van der Waals surface area contributed by atoms with E-state index < -0.39 is 5.97 Å². The number of hydrogen-bond donors (Lipinski definition) is 2. The van der Waals surface area contributed by atoms with Gasteiger partial charge in [0.1, 0.15) is 17.2 Å². The Balaban J connectivity index is 1.14. The Labute approximate surface area is 205 Å². The van der Waals surface area contributed by atoms with Crippen molar-refractivity contribution < 1.29 is 28.9 Å². The molecule has 2 aliphatic heterocycles. The number of anilines is 2. The smallest absolute Gasteiger partial charge is 0.303 e. The molecule has 2 aliphatic rings. The molecule has 2 aromatic carbocycles. The molecule has 1 saturated heterocycles. The van der Waals surface area contributed by atoms with Gasteiger partial charge in [-0.3, -0.25) is 14.5 Å². The zero-order valence-corrected chi connectivity index (χ0v) is 19.9. The highest BCUT2D eigenvalue weighted by Crippen LogP contribution is 2.32. The van der Waals surface area contributed by atoms with Gasteiger partial charge < -0.3 is 29.5 Å². The molecule has 4 rings (SSSR count). The third kappa shape index (κ3) is 7.26. The van der Waals surface area contributed by atoms with Crippen LogP contribution in [0.1, 0.15) is 25.7 Å². The minimum atomic E-state index is -0.798. The molecular weight excluding hydrogens is 450 g/mol. The summed E-state index contributed by atoms with van der Waals surface area (Å²) in [6, 6.07) is 13.5. The third-order valence-corrected chi connectivity index (χ3v) is 6.09. The van der Waals surface area contributed by atoms with Crippen LogP contribution in [0.4, 0.5) is 11.4 Å². The Bertz CT molecular complexity index is 1010. The van der Waals surface area contributed by atoms with Crippen molar-refractivity contribution in [2.75, 3.05) is 62.8 Å². The van der Waals surface area contributed by atoms with Gasteiger partial charge in [-0.25, -0.2) is 0 Å². The first-order valence-electron chi connectivity index (χ1n) is 12.2. The van der Waals surface area contributed by atoms with E-state index in [1.54, 1.807) is 6.07 Å². The highest BCUT2D eigenvalue weighted by molar-refractivity contribution is 5.95. The molecule has 0 unspecified atom stereocenters. The van der Waals surface area contributed by atoms with Gasteiger partial charge in [-0.05, 0) is 50.1 Å². The quantitative estimate of drug-likeness (QED) is 0.444. The van der Waals surface area contributed by atoms with Crippen LogP contribution in [0.25, 0.3) is 0 Å². The number of carbonyl (C=O) groups excluding carboxylic acids is 1. The SMILES string of the molecule is O=C(O)CCCOc1ccccc1N1CCN(CCCCOc2ccc3c(c2)NC(=O)CO3)CC1. The summed E-state index contributed by atoms with van der Waals surface area (Å²) in [5.74, 6) is 1.27. The van der Waals surface area contributed by atoms with E-state index in [1.165, 1.54) is 0 Å². The molecule has 2 aromatic rings. The maximum atomic E-state index is 11.5. The monoisotopic (exact) mass is 483 g/mol. The second-order valence-corrected chi connectivity index (χ2v) is 8.69. The number of carboxylic acid groups (broad SMARTS) is 1. The number of piperazine rings is 1. The molecule has 188 valence electrons. The van der Waals surface area contributed by atoms with Crippen molar-refractivity contribution in [2.45, 2.75) is 25.7 Å². The van der Waals surface area contributed by atoms with Crippen LogP contribution in [-0.4, -0.2) is 74.4 Å². The lowest BCUT2D eigenvalue weighted by molar-refractivity contribution is -0.137. The first-order chi connectivity index (χ1) is 17.1. The molecule has 1 amide bonds. The Morgan fingerprint density at radius 2 is 1.80 bits per heavy atom. The molecule has 35 heavy (non-hydrogen) atoms. The molecule has 0 saturated carbocycles. The minimum Gasteiger partial charge on any atom is -0.494 e. The molecular formula is C26H33N3O6. The fraction of sp³-hybridized carbons (Fsp3) is 0.462. The van der Waals surface area contributed by atoms with E-state index in [4.69, 9.17) is 19.3 Å². The van der Waals surface area contributed by atoms with E-state index in [0.717, 1.165) is 62.8 Å². The number of hydrogen-bond acceptors (Lipinski definition) is 7. The standard InChI is InChI=1S/C26H33N3O6/c30-25-19-35-23-10-9-20(18-21(23)27-25)33-16-4-3-11-28-12-14-29(15-13-28)22-6-1-2-7-24(22)34-17-5-8-26(31)32/h1-2,6-7,9-10,18H,3-5,8,11-17,19H2,(H,27,30)(H,31,32). The van der Waals surface area contributed by atoms with Crippen molar-refractivity contribution in [1.82, 2.24) is 4.90 Å². The van der Waals surface area contributed by atoms with Crippen molar-refractivity contribution in [2.24, 2.45) is 0 Å². The largest absolute Gasteiger partial charge is 0.494 e. The lowest BCUT2D eigenvalue weighted by Crippen LogP contribution is -2.46. The number of rotatable bonds is 12. The van der Waals surface area contributed by atoms with E-state index in [9.17, 15) is 9.59 Å². The summed E-state index contributed by atoms with van der Waals surface area (Å²) in [7, 11) is 0. The van der Waals surface area contributed by atoms with E-state index >= 15 is 0 Å². The van der Waals surface area contributed by atoms with Gasteiger partial charge in [-0.1, -0.05) is 12.1 Å². The van der Waals surface area contributed by atoms with Gasteiger partial charge in [0.15, 0.2) is 6.61 Å². The number of aliphatic carboxylic acids is 1. The van der Waals surface area contributed by atoms with Gasteiger partial charge in [0.05, 0.1) is 24.6 Å². The van der Waals surface area contributed by atoms with Crippen LogP contribution >= 0.6 is 0 Å². The summed E-state index contributed by atoms with van der Waals surface area (Å²) < 4.78 is 17.1. The second kappa shape index (κ2) is 12.3. The predicted molar refractivity (Wildman–Crippen MR) is 133 cm³/mol. The average molecular weight is 484 g/mol. The highest BCUT2D eigenvalue weighted by atomic mass is 16.5. The van der Waals surface area contributed by atoms with Crippen LogP contribution in [0.15, 0.2) is 42.5 Å². The molecule has 9 heteroatoms. The van der Waals surface area contributed by atoms with Crippen LogP contribution in [-0.2, 0) is 9.59 Å². The maximum Gasteiger partial charge on any atom is 0.303 e. The van der Waals surface area contributed by atoms with E-state index in [1.807, 2.05) is 30.3 Å². The topological polar surface area (TPSA) is 101 Å². The molecule has 0 aromatic heterocycles. The lowest BCUT2D eigenvalue weighted by Gasteiger charge is -2.36. The number of carboxylic acids is 1. The number of amides is 1. The lowest BCUT2D eigenvalue weighted by atomic mass is 10.2. The summed E-state index contributed by atoms with van der Waals surface area (Å²) in [4.78, 5) is 27.0. The van der Waals surface area contributed by atoms with Crippen LogP contribution in [0, 0.1) is 0 Å². The molecule has 9 nitrogen and oxygen atoms in total. The molecule has 2 heterocycles. The second-order valence-electron chi connectivity index (χ2n) is 8.69. The Hall–Kier alpha value is -3.46. The van der Waals surface area contributed by atoms with E-state index in [2.05, 4.69) is 21.2 Å². The Morgan fingerprint density at radius 3 is 2.63 bits per heavy atom. The number of ether oxygens (including phenoxy) is 3. The van der Waals surface area contributed by atoms with E-state index in [-0.39, 0.29) is 18.9 Å². The van der Waals surface area contributed by atoms with Crippen LogP contribution in [0.2, 0.25) is 0 Å². The fourth-order valence-electron chi connectivity index (χ4n) is 4.24. The predicted octanol–water partition coefficient (Wildman–Crippen LogP) is 3.24. The number of benzene rings is 2. The van der Waals surface area contributed by atoms with Gasteiger partial charge in [0, 0.05) is 38.7 Å². The molecule has 2 N–H and O–H groups in total. The maximum absolute atomic E-state index is 11.5. The van der Waals surface area contributed by atoms with Gasteiger partial charge in [0.25, 0.3) is 5.91 Å². The molecule has 0 bridgehead atoms. The molecule has 0 aliphatic carbocycles. The van der Waals surface area contributed by atoms with Gasteiger partial charge in [0.2, 0.25) is 0 Å². The number of unbranched alkanes of at least 4 members (excludes halogenated alkanes) is 1. The van der Waals surface area contributed by atoms with Gasteiger partial charge in [-0.2, -0.15) is 0 Å². The van der Waals surface area contributed by atoms with Crippen molar-refractivity contribution >= 4 is 23.3 Å². The first kappa shape index (κ1) is 24.7. The van der Waals surface area contributed by atoms with Gasteiger partial charge in [-0.15, -0.1) is 0 Å². The Kier molecular flexibility index (Phi) is 8.67. The minimum absolute atomic E-state index is 0.0519. The van der Waals surface area contributed by atoms with E-state index in [0.29, 0.717) is 31.1 Å². The highest BCUT2D eigenvalue weighted by Gasteiger charge is 2.20.